The van der Waals surface area contributed by atoms with E-state index in [9.17, 15) is 4.79 Å². The van der Waals surface area contributed by atoms with Gasteiger partial charge in [0.2, 0.25) is 0 Å². The summed E-state index contributed by atoms with van der Waals surface area (Å²) in [5.41, 5.74) is 6.95. The number of hydrogen-bond donors (Lipinski definition) is 2. The first-order valence-electron chi connectivity index (χ1n) is 10.6. The molecule has 156 valence electrons. The third-order valence-electron chi connectivity index (χ3n) is 6.32. The van der Waals surface area contributed by atoms with Crippen molar-refractivity contribution in [2.24, 2.45) is 16.6 Å². The first kappa shape index (κ1) is 20.1. The number of anilines is 1. The Morgan fingerprint density at radius 1 is 1.27 bits per heavy atom. The Bertz CT molecular complexity index is 957. The molecule has 1 aliphatic heterocycles. The Hall–Kier alpha value is -3.15. The van der Waals surface area contributed by atoms with Crippen LogP contribution in [0.2, 0.25) is 0 Å². The van der Waals surface area contributed by atoms with Gasteiger partial charge in [-0.2, -0.15) is 0 Å². The largest absolute Gasteiger partial charge is 0.369 e. The van der Waals surface area contributed by atoms with Crippen LogP contribution < -0.4 is 11.1 Å². The lowest BCUT2D eigenvalue weighted by molar-refractivity contribution is -0.131. The number of nitrogens with one attached hydrogen (secondary N) is 1. The Kier molecular flexibility index (Phi) is 5.57. The van der Waals surface area contributed by atoms with E-state index in [-0.39, 0.29) is 11.9 Å². The van der Waals surface area contributed by atoms with E-state index < -0.39 is 5.54 Å². The van der Waals surface area contributed by atoms with Crippen LogP contribution in [0.15, 0.2) is 60.2 Å². The highest BCUT2D eigenvalue weighted by atomic mass is 16.2. The van der Waals surface area contributed by atoms with Crippen LogP contribution >= 0.6 is 0 Å². The predicted octanol–water partition coefficient (Wildman–Crippen LogP) is 3.77. The molecule has 0 spiro atoms. The number of aliphatic imine (C=N–C) groups is 1. The average molecular weight is 404 g/mol. The van der Waals surface area contributed by atoms with E-state index in [1.807, 2.05) is 42.5 Å². The fourth-order valence-electron chi connectivity index (χ4n) is 4.85. The summed E-state index contributed by atoms with van der Waals surface area (Å²) in [7, 11) is 1.70. The lowest BCUT2D eigenvalue weighted by Gasteiger charge is -2.35. The number of hydrogen-bond acceptors (Lipinski definition) is 5. The molecule has 1 aliphatic carbocycles. The topological polar surface area (TPSA) is 83.6 Å². The van der Waals surface area contributed by atoms with Gasteiger partial charge in [-0.15, -0.1) is 0 Å². The van der Waals surface area contributed by atoms with Crippen LogP contribution in [0.3, 0.4) is 0 Å². The lowest BCUT2D eigenvalue weighted by Crippen LogP contribution is -2.42. The van der Waals surface area contributed by atoms with Gasteiger partial charge in [0.15, 0.2) is 11.5 Å². The molecule has 6 heteroatoms. The number of nitrogens with two attached hydrogens (primary N) is 1. The molecule has 1 aromatic heterocycles. The Morgan fingerprint density at radius 3 is 2.77 bits per heavy atom. The molecule has 1 aromatic carbocycles. The second kappa shape index (κ2) is 8.30. The van der Waals surface area contributed by atoms with E-state index in [2.05, 4.69) is 16.9 Å². The van der Waals surface area contributed by atoms with Crippen LogP contribution in [-0.4, -0.2) is 34.8 Å². The highest BCUT2D eigenvalue weighted by Gasteiger charge is 2.50. The monoisotopic (exact) mass is 403 g/mol. The van der Waals surface area contributed by atoms with Gasteiger partial charge in [0.05, 0.1) is 0 Å². The molecule has 3 atom stereocenters. The molecule has 1 amide bonds. The maximum Gasteiger partial charge on any atom is 0.261 e. The van der Waals surface area contributed by atoms with Gasteiger partial charge in [0.25, 0.3) is 5.91 Å². The number of rotatable bonds is 6. The standard InChI is InChI=1S/C24H29N5O/c1-3-18-10-4-5-12-20(18)24(22(30)29(2)23(25)28-24)16-17-9-8-11-19(15-17)27-21-13-6-7-14-26-21/h3-7,10,12-14,17,19H,1,8-9,11,15-16H2,2H3,(H2,25,28)(H,26,27)/t17-,19?,24+/m0/s1. The van der Waals surface area contributed by atoms with Gasteiger partial charge < -0.3 is 11.1 Å². The zero-order valence-electron chi connectivity index (χ0n) is 17.4. The Morgan fingerprint density at radius 2 is 2.07 bits per heavy atom. The Labute approximate surface area is 177 Å². The number of carbonyl (C=O) groups is 1. The minimum atomic E-state index is -0.985. The van der Waals surface area contributed by atoms with Crippen LogP contribution in [0.4, 0.5) is 5.82 Å². The summed E-state index contributed by atoms with van der Waals surface area (Å²) in [5, 5.41) is 3.56. The van der Waals surface area contributed by atoms with Gasteiger partial charge in [-0.05, 0) is 48.4 Å². The van der Waals surface area contributed by atoms with Gasteiger partial charge in [0, 0.05) is 19.3 Å². The molecule has 1 fully saturated rings. The highest BCUT2D eigenvalue weighted by Crippen LogP contribution is 2.43. The number of likely N-dealkylation sites (N-methyl/N-ethyl adjacent to an activating group) is 1. The molecule has 30 heavy (non-hydrogen) atoms. The van der Waals surface area contributed by atoms with Crippen LogP contribution in [0.25, 0.3) is 6.08 Å². The smallest absolute Gasteiger partial charge is 0.261 e. The summed E-state index contributed by atoms with van der Waals surface area (Å²) in [6.07, 6.45) is 8.49. The lowest BCUT2D eigenvalue weighted by atomic mass is 9.74. The van der Waals surface area contributed by atoms with E-state index in [4.69, 9.17) is 10.7 Å². The molecule has 3 N–H and O–H groups in total. The number of carbonyl (C=O) groups excluding carboxylic acids is 1. The fraction of sp³-hybridized carbons (Fsp3) is 0.375. The molecule has 0 radical (unpaired) electrons. The van der Waals surface area contributed by atoms with E-state index in [0.717, 1.165) is 42.6 Å². The maximum absolute atomic E-state index is 13.4. The van der Waals surface area contributed by atoms with Gasteiger partial charge in [-0.3, -0.25) is 9.69 Å². The third kappa shape index (κ3) is 3.70. The summed E-state index contributed by atoms with van der Waals surface area (Å²) < 4.78 is 0. The summed E-state index contributed by atoms with van der Waals surface area (Å²) in [6, 6.07) is 14.1. The predicted molar refractivity (Wildman–Crippen MR) is 121 cm³/mol. The van der Waals surface area contributed by atoms with Crippen molar-refractivity contribution < 1.29 is 4.79 Å². The van der Waals surface area contributed by atoms with E-state index >= 15 is 0 Å². The molecule has 2 heterocycles. The fourth-order valence-corrected chi connectivity index (χ4v) is 4.85. The molecule has 1 saturated carbocycles. The molecule has 0 saturated heterocycles. The number of guanidine groups is 1. The van der Waals surface area contributed by atoms with Crippen molar-refractivity contribution >= 4 is 23.8 Å². The van der Waals surface area contributed by atoms with Crippen molar-refractivity contribution in [3.05, 3.63) is 66.4 Å². The zero-order chi connectivity index (χ0) is 21.1. The molecule has 0 bridgehead atoms. The summed E-state index contributed by atoms with van der Waals surface area (Å²) in [5.74, 6) is 1.46. The van der Waals surface area contributed by atoms with E-state index in [1.54, 1.807) is 19.3 Å². The van der Waals surface area contributed by atoms with Gasteiger partial charge >= 0.3 is 0 Å². The number of aromatic nitrogens is 1. The third-order valence-corrected chi connectivity index (χ3v) is 6.32. The van der Waals surface area contributed by atoms with Gasteiger partial charge in [-0.1, -0.05) is 55.8 Å². The SMILES string of the molecule is C=Cc1ccccc1[C@@]1(C[C@H]2CCCC(Nc3ccccn3)C2)N=C(N)N(C)C1=O. The van der Waals surface area contributed by atoms with Gasteiger partial charge in [0.1, 0.15) is 5.82 Å². The first-order valence-corrected chi connectivity index (χ1v) is 10.6. The van der Waals surface area contributed by atoms with Gasteiger partial charge in [-0.25, -0.2) is 9.98 Å². The quantitative estimate of drug-likeness (QED) is 0.769. The van der Waals surface area contributed by atoms with Crippen LogP contribution in [0, 0.1) is 5.92 Å². The molecule has 2 aromatic rings. The zero-order valence-corrected chi connectivity index (χ0v) is 17.4. The highest BCUT2D eigenvalue weighted by molar-refractivity contribution is 6.07. The number of nitrogens with zero attached hydrogens (tertiary/aromatic N) is 3. The van der Waals surface area contributed by atoms with E-state index in [0.29, 0.717) is 18.4 Å². The molecular weight excluding hydrogens is 374 g/mol. The summed E-state index contributed by atoms with van der Waals surface area (Å²) in [4.78, 5) is 24.1. The first-order chi connectivity index (χ1) is 14.5. The Balaban J connectivity index is 1.61. The number of amides is 1. The molecule has 2 aliphatic rings. The van der Waals surface area contributed by atoms with Crippen molar-refractivity contribution in [2.75, 3.05) is 12.4 Å². The maximum atomic E-state index is 13.4. The van der Waals surface area contributed by atoms with Crippen molar-refractivity contribution in [2.45, 2.75) is 43.7 Å². The molecule has 1 unspecified atom stereocenters. The summed E-state index contributed by atoms with van der Waals surface area (Å²) in [6.45, 7) is 3.94. The molecule has 4 rings (SSSR count). The average Bonchev–Trinajstić information content (AvgIpc) is 2.99. The second-order valence-corrected chi connectivity index (χ2v) is 8.28. The number of benzene rings is 1. The summed E-state index contributed by atoms with van der Waals surface area (Å²) >= 11 is 0. The minimum Gasteiger partial charge on any atom is -0.369 e. The minimum absolute atomic E-state index is 0.0610. The normalized spacial score (nSPS) is 26.4. The van der Waals surface area contributed by atoms with Crippen LogP contribution in [0.1, 0.15) is 43.2 Å². The van der Waals surface area contributed by atoms with Crippen molar-refractivity contribution in [3.63, 3.8) is 0 Å². The molecular formula is C24H29N5O. The van der Waals surface area contributed by atoms with Crippen molar-refractivity contribution in [1.29, 1.82) is 0 Å². The van der Waals surface area contributed by atoms with Crippen LogP contribution in [-0.2, 0) is 10.3 Å². The number of pyridine rings is 1. The molecule has 6 nitrogen and oxygen atoms in total. The van der Waals surface area contributed by atoms with Crippen molar-refractivity contribution in [3.8, 4) is 0 Å². The van der Waals surface area contributed by atoms with Crippen molar-refractivity contribution in [1.82, 2.24) is 9.88 Å². The van der Waals surface area contributed by atoms with Crippen LogP contribution in [0.5, 0.6) is 0 Å². The van der Waals surface area contributed by atoms with E-state index in [1.165, 1.54) is 4.90 Å². The second-order valence-electron chi connectivity index (χ2n) is 8.28.